The number of carbonyl (C=O) groups is 2. The Balaban J connectivity index is 1.55. The highest BCUT2D eigenvalue weighted by Crippen LogP contribution is 2.27. The number of nitrogens with zero attached hydrogens (tertiary/aromatic N) is 2. The van der Waals surface area contributed by atoms with Gasteiger partial charge in [0.1, 0.15) is 5.82 Å². The maximum atomic E-state index is 12.4. The van der Waals surface area contributed by atoms with Crippen LogP contribution >= 0.6 is 0 Å². The van der Waals surface area contributed by atoms with Crippen LogP contribution in [0.3, 0.4) is 0 Å². The van der Waals surface area contributed by atoms with Crippen LogP contribution in [0.15, 0.2) is 12.4 Å². The van der Waals surface area contributed by atoms with Crippen LogP contribution in [0.5, 0.6) is 0 Å². The van der Waals surface area contributed by atoms with E-state index in [-0.39, 0.29) is 17.7 Å². The van der Waals surface area contributed by atoms with Gasteiger partial charge in [-0.05, 0) is 19.3 Å². The standard InChI is InChI=1S/C17H26N4O2/c22-16-8-7-13(17(23)20-11-15-18-9-10-19-15)12-21(16)14-5-3-1-2-4-6-14/h9-10,13-14H,1-8,11-12H2,(H,18,19)(H,20,23)/t13-/m1/s1. The molecule has 2 fully saturated rings. The molecule has 2 heterocycles. The van der Waals surface area contributed by atoms with Crippen LogP contribution < -0.4 is 5.32 Å². The Morgan fingerprint density at radius 3 is 2.74 bits per heavy atom. The molecule has 1 aromatic rings. The molecular formula is C17H26N4O2. The summed E-state index contributed by atoms with van der Waals surface area (Å²) >= 11 is 0. The van der Waals surface area contributed by atoms with Crippen LogP contribution in [-0.2, 0) is 16.1 Å². The molecule has 0 unspecified atom stereocenters. The van der Waals surface area contributed by atoms with E-state index in [4.69, 9.17) is 0 Å². The van der Waals surface area contributed by atoms with E-state index in [1.807, 2.05) is 4.90 Å². The molecule has 0 spiro atoms. The lowest BCUT2D eigenvalue weighted by Crippen LogP contribution is -2.49. The molecule has 1 aliphatic heterocycles. The first kappa shape index (κ1) is 16.0. The number of likely N-dealkylation sites (tertiary alicyclic amines) is 1. The monoisotopic (exact) mass is 318 g/mol. The Bertz CT molecular complexity index is 521. The van der Waals surface area contributed by atoms with Gasteiger partial charge in [0.2, 0.25) is 11.8 Å². The summed E-state index contributed by atoms with van der Waals surface area (Å²) in [6, 6.07) is 0.339. The van der Waals surface area contributed by atoms with Crippen molar-refractivity contribution in [3.05, 3.63) is 18.2 Å². The van der Waals surface area contributed by atoms with Gasteiger partial charge in [0.15, 0.2) is 0 Å². The van der Waals surface area contributed by atoms with Gasteiger partial charge in [0, 0.05) is 31.4 Å². The van der Waals surface area contributed by atoms with Crippen molar-refractivity contribution in [1.82, 2.24) is 20.2 Å². The summed E-state index contributed by atoms with van der Waals surface area (Å²) in [5, 5.41) is 2.93. The molecule has 1 saturated carbocycles. The third kappa shape index (κ3) is 4.12. The highest BCUT2D eigenvalue weighted by molar-refractivity contribution is 5.83. The molecule has 126 valence electrons. The van der Waals surface area contributed by atoms with Crippen molar-refractivity contribution < 1.29 is 9.59 Å². The first-order chi connectivity index (χ1) is 11.2. The Hall–Kier alpha value is -1.85. The molecule has 6 nitrogen and oxygen atoms in total. The Labute approximate surface area is 137 Å². The fourth-order valence-corrected chi connectivity index (χ4v) is 3.72. The summed E-state index contributed by atoms with van der Waals surface area (Å²) in [4.78, 5) is 33.8. The summed E-state index contributed by atoms with van der Waals surface area (Å²) in [7, 11) is 0. The number of carbonyl (C=O) groups excluding carboxylic acids is 2. The second kappa shape index (κ2) is 7.62. The minimum atomic E-state index is -0.0917. The third-order valence-corrected chi connectivity index (χ3v) is 5.07. The molecule has 1 saturated heterocycles. The SMILES string of the molecule is O=C(NCc1ncc[nH]1)[C@@H]1CCC(=O)N(C2CCCCCC2)C1. The fourth-order valence-electron chi connectivity index (χ4n) is 3.72. The number of hydrogen-bond donors (Lipinski definition) is 2. The van der Waals surface area contributed by atoms with Crippen molar-refractivity contribution in [3.8, 4) is 0 Å². The number of rotatable bonds is 4. The van der Waals surface area contributed by atoms with Gasteiger partial charge in [-0.2, -0.15) is 0 Å². The molecule has 6 heteroatoms. The average Bonchev–Trinajstić information content (AvgIpc) is 2.94. The van der Waals surface area contributed by atoms with Crippen molar-refractivity contribution >= 4 is 11.8 Å². The number of imidazole rings is 1. The zero-order valence-corrected chi connectivity index (χ0v) is 13.6. The molecule has 0 radical (unpaired) electrons. The van der Waals surface area contributed by atoms with Gasteiger partial charge >= 0.3 is 0 Å². The zero-order valence-electron chi connectivity index (χ0n) is 13.6. The van der Waals surface area contributed by atoms with Crippen LogP contribution in [0, 0.1) is 5.92 Å². The minimum Gasteiger partial charge on any atom is -0.349 e. The maximum Gasteiger partial charge on any atom is 0.225 e. The molecule has 3 rings (SSSR count). The molecular weight excluding hydrogens is 292 g/mol. The van der Waals surface area contributed by atoms with Crippen molar-refractivity contribution in [2.24, 2.45) is 5.92 Å². The van der Waals surface area contributed by atoms with Crippen molar-refractivity contribution in [1.29, 1.82) is 0 Å². The lowest BCUT2D eigenvalue weighted by atomic mass is 9.93. The summed E-state index contributed by atoms with van der Waals surface area (Å²) in [5.41, 5.74) is 0. The van der Waals surface area contributed by atoms with Gasteiger partial charge < -0.3 is 15.2 Å². The van der Waals surface area contributed by atoms with E-state index in [2.05, 4.69) is 15.3 Å². The van der Waals surface area contributed by atoms with Gasteiger partial charge in [-0.1, -0.05) is 25.7 Å². The van der Waals surface area contributed by atoms with E-state index in [0.717, 1.165) is 18.7 Å². The van der Waals surface area contributed by atoms with E-state index >= 15 is 0 Å². The van der Waals surface area contributed by atoms with Crippen LogP contribution in [0.4, 0.5) is 0 Å². The Kier molecular flexibility index (Phi) is 5.31. The first-order valence-electron chi connectivity index (χ1n) is 8.79. The number of H-pyrrole nitrogens is 1. The lowest BCUT2D eigenvalue weighted by Gasteiger charge is -2.37. The van der Waals surface area contributed by atoms with Gasteiger partial charge in [-0.15, -0.1) is 0 Å². The second-order valence-corrected chi connectivity index (χ2v) is 6.68. The molecule has 0 aromatic carbocycles. The minimum absolute atomic E-state index is 0.0347. The largest absolute Gasteiger partial charge is 0.349 e. The average molecular weight is 318 g/mol. The molecule has 1 aromatic heterocycles. The van der Waals surface area contributed by atoms with Crippen molar-refractivity contribution in [2.75, 3.05) is 6.54 Å². The number of piperidine rings is 1. The van der Waals surface area contributed by atoms with Crippen LogP contribution in [-0.4, -0.2) is 39.3 Å². The van der Waals surface area contributed by atoms with Gasteiger partial charge in [-0.3, -0.25) is 9.59 Å². The number of aromatic amines is 1. The smallest absolute Gasteiger partial charge is 0.225 e. The van der Waals surface area contributed by atoms with Gasteiger partial charge in [0.05, 0.1) is 12.5 Å². The molecule has 2 N–H and O–H groups in total. The molecule has 1 aliphatic carbocycles. The molecule has 23 heavy (non-hydrogen) atoms. The number of amides is 2. The second-order valence-electron chi connectivity index (χ2n) is 6.68. The Morgan fingerprint density at radius 2 is 2.04 bits per heavy atom. The van der Waals surface area contributed by atoms with Crippen LogP contribution in [0.1, 0.15) is 57.2 Å². The van der Waals surface area contributed by atoms with E-state index in [1.165, 1.54) is 25.7 Å². The summed E-state index contributed by atoms with van der Waals surface area (Å²) in [5.74, 6) is 0.927. The topological polar surface area (TPSA) is 78.1 Å². The third-order valence-electron chi connectivity index (χ3n) is 5.07. The van der Waals surface area contributed by atoms with Gasteiger partial charge in [0.25, 0.3) is 0 Å². The number of nitrogens with one attached hydrogen (secondary N) is 2. The predicted molar refractivity (Wildman–Crippen MR) is 86.4 cm³/mol. The molecule has 1 atom stereocenters. The molecule has 2 amide bonds. The number of aromatic nitrogens is 2. The van der Waals surface area contributed by atoms with E-state index < -0.39 is 0 Å². The summed E-state index contributed by atoms with van der Waals surface area (Å²) in [6.45, 7) is 0.993. The lowest BCUT2D eigenvalue weighted by molar-refractivity contribution is -0.141. The predicted octanol–water partition coefficient (Wildman–Crippen LogP) is 1.99. The fraction of sp³-hybridized carbons (Fsp3) is 0.706. The van der Waals surface area contributed by atoms with E-state index in [9.17, 15) is 9.59 Å². The molecule has 0 bridgehead atoms. The van der Waals surface area contributed by atoms with Crippen molar-refractivity contribution in [2.45, 2.75) is 64.0 Å². The highest BCUT2D eigenvalue weighted by atomic mass is 16.2. The normalized spacial score (nSPS) is 23.6. The highest BCUT2D eigenvalue weighted by Gasteiger charge is 2.34. The Morgan fingerprint density at radius 1 is 1.26 bits per heavy atom. The van der Waals surface area contributed by atoms with E-state index in [0.29, 0.717) is 32.0 Å². The quantitative estimate of drug-likeness (QED) is 0.833. The number of hydrogen-bond acceptors (Lipinski definition) is 3. The van der Waals surface area contributed by atoms with Crippen LogP contribution in [0.25, 0.3) is 0 Å². The maximum absolute atomic E-state index is 12.4. The zero-order chi connectivity index (χ0) is 16.1. The van der Waals surface area contributed by atoms with Crippen molar-refractivity contribution in [3.63, 3.8) is 0 Å². The summed E-state index contributed by atoms with van der Waals surface area (Å²) in [6.07, 6.45) is 11.7. The summed E-state index contributed by atoms with van der Waals surface area (Å²) < 4.78 is 0. The van der Waals surface area contributed by atoms with Crippen LogP contribution in [0.2, 0.25) is 0 Å². The van der Waals surface area contributed by atoms with E-state index in [1.54, 1.807) is 12.4 Å². The van der Waals surface area contributed by atoms with Gasteiger partial charge in [-0.25, -0.2) is 4.98 Å². The first-order valence-corrected chi connectivity index (χ1v) is 8.79. The molecule has 2 aliphatic rings.